The molecule has 0 aromatic carbocycles. The van der Waals surface area contributed by atoms with Crippen LogP contribution in [0.25, 0.3) is 0 Å². The van der Waals surface area contributed by atoms with Gasteiger partial charge in [0.25, 0.3) is 6.43 Å². The molecule has 3 aliphatic rings. The van der Waals surface area contributed by atoms with Crippen LogP contribution < -0.4 is 10.6 Å². The van der Waals surface area contributed by atoms with E-state index in [2.05, 4.69) is 10.6 Å². The van der Waals surface area contributed by atoms with Crippen molar-refractivity contribution < 1.29 is 13.6 Å². The van der Waals surface area contributed by atoms with E-state index in [0.29, 0.717) is 6.04 Å². The first-order valence-electron chi connectivity index (χ1n) is 7.43. The zero-order valence-corrected chi connectivity index (χ0v) is 11.1. The van der Waals surface area contributed by atoms with Gasteiger partial charge in [-0.05, 0) is 49.4 Å². The highest BCUT2D eigenvalue weighted by Gasteiger charge is 2.53. The minimum atomic E-state index is -2.47. The van der Waals surface area contributed by atoms with Gasteiger partial charge in [0.1, 0.15) is 0 Å². The van der Waals surface area contributed by atoms with Gasteiger partial charge in [0.15, 0.2) is 0 Å². The second-order valence-electron chi connectivity index (χ2n) is 6.34. The van der Waals surface area contributed by atoms with E-state index in [4.69, 9.17) is 0 Å². The highest BCUT2D eigenvalue weighted by atomic mass is 19.3. The van der Waals surface area contributed by atoms with Gasteiger partial charge in [0, 0.05) is 6.04 Å². The van der Waals surface area contributed by atoms with Gasteiger partial charge in [-0.15, -0.1) is 0 Å². The number of rotatable bonds is 5. The first-order valence-corrected chi connectivity index (χ1v) is 7.43. The molecule has 0 unspecified atom stereocenters. The smallest absolute Gasteiger partial charge is 0.255 e. The van der Waals surface area contributed by atoms with Crippen molar-refractivity contribution in [1.82, 2.24) is 10.6 Å². The van der Waals surface area contributed by atoms with Crippen molar-refractivity contribution in [3.05, 3.63) is 0 Å². The Kier molecular flexibility index (Phi) is 3.74. The van der Waals surface area contributed by atoms with Gasteiger partial charge in [-0.1, -0.05) is 6.42 Å². The summed E-state index contributed by atoms with van der Waals surface area (Å²) in [4.78, 5) is 11.4. The van der Waals surface area contributed by atoms with E-state index < -0.39 is 13.0 Å². The first-order chi connectivity index (χ1) is 9.15. The van der Waals surface area contributed by atoms with Crippen LogP contribution in [0.5, 0.6) is 0 Å². The summed E-state index contributed by atoms with van der Waals surface area (Å²) >= 11 is 0. The molecule has 0 saturated heterocycles. The van der Waals surface area contributed by atoms with Crippen LogP contribution >= 0.6 is 0 Å². The molecule has 0 heterocycles. The summed E-state index contributed by atoms with van der Waals surface area (Å²) in [5.74, 6) is 3.06. The zero-order chi connectivity index (χ0) is 13.4. The molecule has 5 heteroatoms. The minimum Gasteiger partial charge on any atom is -0.349 e. The number of alkyl halides is 2. The lowest BCUT2D eigenvalue weighted by atomic mass is 9.79. The van der Waals surface area contributed by atoms with Gasteiger partial charge >= 0.3 is 0 Å². The second-order valence-corrected chi connectivity index (χ2v) is 6.34. The first kappa shape index (κ1) is 13.3. The van der Waals surface area contributed by atoms with E-state index in [-0.39, 0.29) is 12.5 Å². The molecule has 1 amide bonds. The topological polar surface area (TPSA) is 41.1 Å². The van der Waals surface area contributed by atoms with Crippen molar-refractivity contribution in [2.24, 2.45) is 23.7 Å². The maximum atomic E-state index is 12.0. The molecule has 2 bridgehead atoms. The molecule has 5 atom stereocenters. The van der Waals surface area contributed by atoms with Crippen molar-refractivity contribution >= 4 is 5.91 Å². The standard InChI is InChI=1S/C14H22F2N2O/c15-13(16)6-18-14(19)7-17-12-5-8-4-11(12)10-3-1-2-9(8)10/h8-13,17H,1-7H2,(H,18,19)/t8-,9-,10+,11+,12-/m1/s1. The Balaban J connectivity index is 1.44. The molecule has 2 N–H and O–H groups in total. The summed E-state index contributed by atoms with van der Waals surface area (Å²) < 4.78 is 23.9. The van der Waals surface area contributed by atoms with Gasteiger partial charge in [-0.25, -0.2) is 8.78 Å². The average molecular weight is 272 g/mol. The second kappa shape index (κ2) is 5.35. The predicted octanol–water partition coefficient (Wildman–Crippen LogP) is 1.78. The summed E-state index contributed by atoms with van der Waals surface area (Å²) in [6.45, 7) is -0.361. The fourth-order valence-corrected chi connectivity index (χ4v) is 4.78. The molecule has 19 heavy (non-hydrogen) atoms. The SMILES string of the molecule is O=C(CN[C@@H]1C[C@H]2C[C@H]1[C@H]1CCC[C@H]21)NCC(F)F. The number of carbonyl (C=O) groups is 1. The van der Waals surface area contributed by atoms with E-state index in [1.165, 1.54) is 32.1 Å². The molecule has 0 aliphatic heterocycles. The molecule has 3 aliphatic carbocycles. The van der Waals surface area contributed by atoms with Gasteiger partial charge in [-0.2, -0.15) is 0 Å². The minimum absolute atomic E-state index is 0.179. The Labute approximate surface area is 112 Å². The number of hydrogen-bond donors (Lipinski definition) is 2. The Morgan fingerprint density at radius 1 is 1.16 bits per heavy atom. The number of fused-ring (bicyclic) bond motifs is 5. The van der Waals surface area contributed by atoms with E-state index in [9.17, 15) is 13.6 Å². The van der Waals surface area contributed by atoms with Crippen molar-refractivity contribution in [2.75, 3.05) is 13.1 Å². The van der Waals surface area contributed by atoms with E-state index in [0.717, 1.165) is 23.7 Å². The number of nitrogens with one attached hydrogen (secondary N) is 2. The van der Waals surface area contributed by atoms with Gasteiger partial charge in [-0.3, -0.25) is 4.79 Å². The quantitative estimate of drug-likeness (QED) is 0.801. The number of halogens is 2. The number of hydrogen-bond acceptors (Lipinski definition) is 2. The summed E-state index contributed by atoms with van der Waals surface area (Å²) in [6, 6.07) is 0.432. The molecule has 3 fully saturated rings. The van der Waals surface area contributed by atoms with Crippen LogP contribution in [0.4, 0.5) is 8.78 Å². The highest BCUT2D eigenvalue weighted by molar-refractivity contribution is 5.78. The fraction of sp³-hybridized carbons (Fsp3) is 0.929. The lowest BCUT2D eigenvalue weighted by Crippen LogP contribution is -2.44. The van der Waals surface area contributed by atoms with Gasteiger partial charge in [0.05, 0.1) is 13.1 Å². The Morgan fingerprint density at radius 3 is 2.74 bits per heavy atom. The normalized spacial score (nSPS) is 39.8. The molecule has 3 rings (SSSR count). The maximum absolute atomic E-state index is 12.0. The number of carbonyl (C=O) groups excluding carboxylic acids is 1. The van der Waals surface area contributed by atoms with Crippen LogP contribution in [0, 0.1) is 23.7 Å². The monoisotopic (exact) mass is 272 g/mol. The van der Waals surface area contributed by atoms with Gasteiger partial charge in [0.2, 0.25) is 5.91 Å². The van der Waals surface area contributed by atoms with Crippen LogP contribution in [0.3, 0.4) is 0 Å². The van der Waals surface area contributed by atoms with Crippen LogP contribution in [0.15, 0.2) is 0 Å². The van der Waals surface area contributed by atoms with Crippen LogP contribution in [0.2, 0.25) is 0 Å². The summed E-state index contributed by atoms with van der Waals surface area (Å²) in [7, 11) is 0. The summed E-state index contributed by atoms with van der Waals surface area (Å²) in [5.41, 5.74) is 0. The predicted molar refractivity (Wildman–Crippen MR) is 67.8 cm³/mol. The third-order valence-corrected chi connectivity index (χ3v) is 5.41. The largest absolute Gasteiger partial charge is 0.349 e. The van der Waals surface area contributed by atoms with E-state index in [1.54, 1.807) is 0 Å². The lowest BCUT2D eigenvalue weighted by Gasteiger charge is -2.32. The molecule has 3 saturated carbocycles. The van der Waals surface area contributed by atoms with Gasteiger partial charge < -0.3 is 10.6 Å². The highest BCUT2D eigenvalue weighted by Crippen LogP contribution is 2.58. The molecule has 0 spiro atoms. The molecule has 0 aromatic rings. The van der Waals surface area contributed by atoms with Crippen molar-refractivity contribution in [3.8, 4) is 0 Å². The average Bonchev–Trinajstić information content (AvgIpc) is 3.04. The third-order valence-electron chi connectivity index (χ3n) is 5.41. The third kappa shape index (κ3) is 2.62. The zero-order valence-electron chi connectivity index (χ0n) is 11.1. The summed E-state index contributed by atoms with van der Waals surface area (Å²) in [6.07, 6.45) is 4.13. The van der Waals surface area contributed by atoms with Crippen molar-refractivity contribution in [2.45, 2.75) is 44.6 Å². The molecule has 0 aromatic heterocycles. The van der Waals surface area contributed by atoms with Crippen molar-refractivity contribution in [1.29, 1.82) is 0 Å². The molecule has 108 valence electrons. The summed E-state index contributed by atoms with van der Waals surface area (Å²) in [5, 5.41) is 5.54. The van der Waals surface area contributed by atoms with E-state index in [1.807, 2.05) is 0 Å². The number of amides is 1. The molecule has 3 nitrogen and oxygen atoms in total. The molecule has 0 radical (unpaired) electrons. The lowest BCUT2D eigenvalue weighted by molar-refractivity contribution is -0.121. The van der Waals surface area contributed by atoms with Crippen LogP contribution in [-0.2, 0) is 4.79 Å². The Morgan fingerprint density at radius 2 is 1.95 bits per heavy atom. The van der Waals surface area contributed by atoms with Crippen LogP contribution in [-0.4, -0.2) is 31.5 Å². The molecular formula is C14H22F2N2O. The van der Waals surface area contributed by atoms with Crippen LogP contribution in [0.1, 0.15) is 32.1 Å². The Bertz CT molecular complexity index is 350. The van der Waals surface area contributed by atoms with Crippen molar-refractivity contribution in [3.63, 3.8) is 0 Å². The fourth-order valence-electron chi connectivity index (χ4n) is 4.78. The Hall–Kier alpha value is -0.710. The van der Waals surface area contributed by atoms with E-state index >= 15 is 0 Å². The molecular weight excluding hydrogens is 250 g/mol. The maximum Gasteiger partial charge on any atom is 0.255 e.